The molecule has 0 amide bonds. The van der Waals surface area contributed by atoms with Crippen LogP contribution in [0, 0.1) is 5.82 Å². The Morgan fingerprint density at radius 1 is 0.727 bits per heavy atom. The summed E-state index contributed by atoms with van der Waals surface area (Å²) in [7, 11) is 0. The molecule has 110 valence electrons. The normalized spacial score (nSPS) is 10.6. The lowest BCUT2D eigenvalue weighted by molar-refractivity contribution is 0.632. The zero-order valence-corrected chi connectivity index (χ0v) is 12.3. The van der Waals surface area contributed by atoms with Gasteiger partial charge in [0.1, 0.15) is 5.82 Å². The van der Waals surface area contributed by atoms with E-state index in [4.69, 9.17) is 5.73 Å². The Morgan fingerprint density at radius 2 is 1.41 bits per heavy atom. The standard InChI is InChI=1S/C20H18FN/c21-20-14-18(16-4-2-1-3-5-16)10-11-19(20)17-8-6-15(7-9-17)12-13-22/h1-11,14H,12-13,22H2. The molecule has 0 radical (unpaired) electrons. The van der Waals surface area contributed by atoms with Gasteiger partial charge in [0.05, 0.1) is 0 Å². The van der Waals surface area contributed by atoms with E-state index in [-0.39, 0.29) is 5.82 Å². The molecule has 2 N–H and O–H groups in total. The van der Waals surface area contributed by atoms with Crippen LogP contribution in [0.1, 0.15) is 5.56 Å². The zero-order chi connectivity index (χ0) is 15.4. The molecule has 22 heavy (non-hydrogen) atoms. The average molecular weight is 291 g/mol. The molecule has 0 aliphatic rings. The van der Waals surface area contributed by atoms with Crippen molar-refractivity contribution in [2.24, 2.45) is 5.73 Å². The quantitative estimate of drug-likeness (QED) is 0.743. The van der Waals surface area contributed by atoms with E-state index >= 15 is 0 Å². The van der Waals surface area contributed by atoms with Crippen molar-refractivity contribution in [3.05, 3.63) is 84.2 Å². The molecule has 0 aliphatic carbocycles. The molecule has 0 bridgehead atoms. The van der Waals surface area contributed by atoms with Crippen LogP contribution >= 0.6 is 0 Å². The van der Waals surface area contributed by atoms with E-state index in [9.17, 15) is 4.39 Å². The highest BCUT2D eigenvalue weighted by Crippen LogP contribution is 2.28. The Balaban J connectivity index is 1.92. The number of hydrogen-bond donors (Lipinski definition) is 1. The minimum atomic E-state index is -0.201. The number of benzene rings is 3. The Morgan fingerprint density at radius 3 is 2.05 bits per heavy atom. The smallest absolute Gasteiger partial charge is 0.131 e. The summed E-state index contributed by atoms with van der Waals surface area (Å²) in [5.74, 6) is -0.201. The second-order valence-electron chi connectivity index (χ2n) is 5.30. The van der Waals surface area contributed by atoms with Gasteiger partial charge in [-0.2, -0.15) is 0 Å². The first-order valence-electron chi connectivity index (χ1n) is 7.42. The highest BCUT2D eigenvalue weighted by atomic mass is 19.1. The molecule has 0 saturated heterocycles. The van der Waals surface area contributed by atoms with Gasteiger partial charge in [0, 0.05) is 5.56 Å². The van der Waals surface area contributed by atoms with Crippen LogP contribution in [-0.2, 0) is 6.42 Å². The monoisotopic (exact) mass is 291 g/mol. The Labute approximate surface area is 130 Å². The fourth-order valence-electron chi connectivity index (χ4n) is 2.58. The minimum Gasteiger partial charge on any atom is -0.330 e. The Hall–Kier alpha value is -2.45. The Kier molecular flexibility index (Phi) is 4.31. The summed E-state index contributed by atoms with van der Waals surface area (Å²) in [6.45, 7) is 0.624. The minimum absolute atomic E-state index is 0.201. The van der Waals surface area contributed by atoms with Crippen LogP contribution < -0.4 is 5.73 Å². The first-order valence-corrected chi connectivity index (χ1v) is 7.42. The molecule has 0 heterocycles. The number of nitrogens with two attached hydrogens (primary N) is 1. The van der Waals surface area contributed by atoms with E-state index < -0.39 is 0 Å². The summed E-state index contributed by atoms with van der Waals surface area (Å²) in [6, 6.07) is 23.1. The van der Waals surface area contributed by atoms with E-state index in [2.05, 4.69) is 0 Å². The molecular weight excluding hydrogens is 273 g/mol. The van der Waals surface area contributed by atoms with Crippen molar-refractivity contribution in [1.29, 1.82) is 0 Å². The third-order valence-corrected chi connectivity index (χ3v) is 3.77. The van der Waals surface area contributed by atoms with Crippen LogP contribution in [0.3, 0.4) is 0 Å². The van der Waals surface area contributed by atoms with Crippen LogP contribution in [0.4, 0.5) is 4.39 Å². The van der Waals surface area contributed by atoms with Gasteiger partial charge in [-0.05, 0) is 41.3 Å². The van der Waals surface area contributed by atoms with Crippen molar-refractivity contribution in [2.75, 3.05) is 6.54 Å². The van der Waals surface area contributed by atoms with Gasteiger partial charge in [0.25, 0.3) is 0 Å². The highest BCUT2D eigenvalue weighted by molar-refractivity contribution is 5.71. The molecule has 0 unspecified atom stereocenters. The van der Waals surface area contributed by atoms with Gasteiger partial charge < -0.3 is 5.73 Å². The summed E-state index contributed by atoms with van der Waals surface area (Å²) < 4.78 is 14.5. The predicted octanol–water partition coefficient (Wildman–Crippen LogP) is 4.66. The second kappa shape index (κ2) is 6.54. The van der Waals surface area contributed by atoms with Gasteiger partial charge in [-0.25, -0.2) is 4.39 Å². The summed E-state index contributed by atoms with van der Waals surface area (Å²) in [4.78, 5) is 0. The summed E-state index contributed by atoms with van der Waals surface area (Å²) in [6.07, 6.45) is 0.843. The molecule has 2 heteroatoms. The average Bonchev–Trinajstić information content (AvgIpc) is 2.57. The van der Waals surface area contributed by atoms with Gasteiger partial charge in [-0.15, -0.1) is 0 Å². The van der Waals surface area contributed by atoms with E-state index in [1.807, 2.05) is 66.7 Å². The molecule has 0 spiro atoms. The third kappa shape index (κ3) is 3.07. The topological polar surface area (TPSA) is 26.0 Å². The van der Waals surface area contributed by atoms with Crippen LogP contribution in [0.5, 0.6) is 0 Å². The van der Waals surface area contributed by atoms with E-state index in [0.717, 1.165) is 23.1 Å². The zero-order valence-electron chi connectivity index (χ0n) is 12.3. The fraction of sp³-hybridized carbons (Fsp3) is 0.100. The van der Waals surface area contributed by atoms with E-state index in [1.165, 1.54) is 5.56 Å². The molecule has 3 aromatic rings. The molecule has 0 aliphatic heterocycles. The van der Waals surface area contributed by atoms with Crippen molar-refractivity contribution in [3.63, 3.8) is 0 Å². The fourth-order valence-corrected chi connectivity index (χ4v) is 2.58. The van der Waals surface area contributed by atoms with Crippen molar-refractivity contribution in [1.82, 2.24) is 0 Å². The molecule has 0 saturated carbocycles. The van der Waals surface area contributed by atoms with E-state index in [1.54, 1.807) is 6.07 Å². The molecule has 1 nitrogen and oxygen atoms in total. The van der Waals surface area contributed by atoms with Crippen LogP contribution in [0.15, 0.2) is 72.8 Å². The summed E-state index contributed by atoms with van der Waals surface area (Å²) in [5.41, 5.74) is 10.1. The molecular formula is C20H18FN. The van der Waals surface area contributed by atoms with Gasteiger partial charge in [0.2, 0.25) is 0 Å². The lowest BCUT2D eigenvalue weighted by atomic mass is 9.98. The molecule has 3 aromatic carbocycles. The molecule has 0 fully saturated rings. The van der Waals surface area contributed by atoms with Crippen molar-refractivity contribution < 1.29 is 4.39 Å². The first kappa shape index (κ1) is 14.5. The van der Waals surface area contributed by atoms with Crippen molar-refractivity contribution in [2.45, 2.75) is 6.42 Å². The number of rotatable bonds is 4. The number of halogens is 1. The molecule has 0 atom stereocenters. The maximum Gasteiger partial charge on any atom is 0.131 e. The van der Waals surface area contributed by atoms with Crippen LogP contribution in [0.2, 0.25) is 0 Å². The van der Waals surface area contributed by atoms with E-state index in [0.29, 0.717) is 12.1 Å². The largest absolute Gasteiger partial charge is 0.330 e. The summed E-state index contributed by atoms with van der Waals surface area (Å²) >= 11 is 0. The molecule has 0 aromatic heterocycles. The van der Waals surface area contributed by atoms with Crippen LogP contribution in [0.25, 0.3) is 22.3 Å². The summed E-state index contributed by atoms with van der Waals surface area (Å²) in [5, 5.41) is 0. The maximum atomic E-state index is 14.5. The van der Waals surface area contributed by atoms with Crippen molar-refractivity contribution >= 4 is 0 Å². The molecule has 3 rings (SSSR count). The number of hydrogen-bond acceptors (Lipinski definition) is 1. The highest BCUT2D eigenvalue weighted by Gasteiger charge is 2.07. The SMILES string of the molecule is NCCc1ccc(-c2ccc(-c3ccccc3)cc2F)cc1. The lowest BCUT2D eigenvalue weighted by Crippen LogP contribution is -2.02. The van der Waals surface area contributed by atoms with Gasteiger partial charge >= 0.3 is 0 Å². The first-order chi connectivity index (χ1) is 10.8. The third-order valence-electron chi connectivity index (χ3n) is 3.77. The van der Waals surface area contributed by atoms with Gasteiger partial charge in [-0.3, -0.25) is 0 Å². The lowest BCUT2D eigenvalue weighted by Gasteiger charge is -2.08. The van der Waals surface area contributed by atoms with Gasteiger partial charge in [0.15, 0.2) is 0 Å². The van der Waals surface area contributed by atoms with Crippen LogP contribution in [-0.4, -0.2) is 6.54 Å². The van der Waals surface area contributed by atoms with Gasteiger partial charge in [-0.1, -0.05) is 66.7 Å². The Bertz CT molecular complexity index is 748. The van der Waals surface area contributed by atoms with Crippen molar-refractivity contribution in [3.8, 4) is 22.3 Å². The maximum absolute atomic E-state index is 14.5. The second-order valence-corrected chi connectivity index (χ2v) is 5.30. The predicted molar refractivity (Wildman–Crippen MR) is 90.0 cm³/mol.